The van der Waals surface area contributed by atoms with Crippen molar-refractivity contribution in [3.05, 3.63) is 34.9 Å². The van der Waals surface area contributed by atoms with Crippen LogP contribution in [0, 0.1) is 12.8 Å². The highest BCUT2D eigenvalue weighted by Crippen LogP contribution is 2.17. The van der Waals surface area contributed by atoms with Gasteiger partial charge in [-0.15, -0.1) is 0 Å². The molecule has 0 aliphatic heterocycles. The first-order valence-electron chi connectivity index (χ1n) is 7.41. The number of esters is 2. The van der Waals surface area contributed by atoms with Gasteiger partial charge in [0.05, 0.1) is 24.3 Å². The van der Waals surface area contributed by atoms with Crippen molar-refractivity contribution in [1.82, 2.24) is 0 Å². The van der Waals surface area contributed by atoms with Crippen LogP contribution < -0.4 is 0 Å². The molecule has 116 valence electrons. The van der Waals surface area contributed by atoms with Crippen LogP contribution in [0.4, 0.5) is 0 Å². The lowest BCUT2D eigenvalue weighted by Gasteiger charge is -2.12. The predicted molar refractivity (Wildman–Crippen MR) is 81.5 cm³/mol. The zero-order valence-electron chi connectivity index (χ0n) is 13.3. The van der Waals surface area contributed by atoms with Gasteiger partial charge in [-0.25, -0.2) is 9.59 Å². The van der Waals surface area contributed by atoms with Crippen molar-refractivity contribution in [3.63, 3.8) is 0 Å². The van der Waals surface area contributed by atoms with Crippen molar-refractivity contribution in [1.29, 1.82) is 0 Å². The van der Waals surface area contributed by atoms with Crippen LogP contribution in [0.2, 0.25) is 0 Å². The van der Waals surface area contributed by atoms with Crippen molar-refractivity contribution in [2.75, 3.05) is 13.2 Å². The second-order valence-corrected chi connectivity index (χ2v) is 5.39. The van der Waals surface area contributed by atoms with E-state index in [1.807, 2.05) is 0 Å². The molecule has 0 aromatic heterocycles. The Bertz CT molecular complexity index is 492. The molecule has 0 fully saturated rings. The maximum Gasteiger partial charge on any atom is 0.339 e. The molecule has 0 spiro atoms. The lowest BCUT2D eigenvalue weighted by atomic mass is 10.0. The van der Waals surface area contributed by atoms with Gasteiger partial charge >= 0.3 is 11.9 Å². The molecule has 0 heterocycles. The van der Waals surface area contributed by atoms with Gasteiger partial charge in [0.25, 0.3) is 0 Å². The zero-order valence-corrected chi connectivity index (χ0v) is 13.3. The van der Waals surface area contributed by atoms with Gasteiger partial charge in [-0.1, -0.05) is 26.0 Å². The molecule has 1 aromatic carbocycles. The molecular formula is C17H24O4. The van der Waals surface area contributed by atoms with Gasteiger partial charge in [0, 0.05) is 0 Å². The fraction of sp³-hybridized carbons (Fsp3) is 0.529. The molecule has 1 rings (SSSR count). The summed E-state index contributed by atoms with van der Waals surface area (Å²) in [6, 6.07) is 5.11. The Hall–Kier alpha value is -1.84. The summed E-state index contributed by atoms with van der Waals surface area (Å²) >= 11 is 0. The summed E-state index contributed by atoms with van der Waals surface area (Å²) in [6.45, 7) is 8.42. The zero-order chi connectivity index (χ0) is 15.8. The monoisotopic (exact) mass is 292 g/mol. The van der Waals surface area contributed by atoms with E-state index in [0.717, 1.165) is 18.4 Å². The minimum Gasteiger partial charge on any atom is -0.462 e. The Kier molecular flexibility index (Phi) is 6.92. The Morgan fingerprint density at radius 2 is 1.86 bits per heavy atom. The molecule has 0 amide bonds. The van der Waals surface area contributed by atoms with Crippen LogP contribution in [0.1, 0.15) is 59.9 Å². The SMILES string of the molecule is CCOC(=O)c1cccc(C)c1C(=O)OCCCC(C)C. The molecule has 0 aliphatic rings. The van der Waals surface area contributed by atoms with E-state index in [1.165, 1.54) is 0 Å². The molecule has 21 heavy (non-hydrogen) atoms. The van der Waals surface area contributed by atoms with Crippen LogP contribution in [0.5, 0.6) is 0 Å². The number of ether oxygens (including phenoxy) is 2. The lowest BCUT2D eigenvalue weighted by molar-refractivity contribution is 0.0460. The third-order valence-electron chi connectivity index (χ3n) is 3.13. The van der Waals surface area contributed by atoms with Gasteiger partial charge in [-0.05, 0) is 44.2 Å². The van der Waals surface area contributed by atoms with Gasteiger partial charge in [0.15, 0.2) is 0 Å². The van der Waals surface area contributed by atoms with Crippen LogP contribution in [-0.2, 0) is 9.47 Å². The lowest BCUT2D eigenvalue weighted by Crippen LogP contribution is -2.16. The summed E-state index contributed by atoms with van der Waals surface area (Å²) < 4.78 is 10.3. The van der Waals surface area contributed by atoms with E-state index in [1.54, 1.807) is 32.0 Å². The number of benzene rings is 1. The maximum absolute atomic E-state index is 12.2. The van der Waals surface area contributed by atoms with E-state index in [4.69, 9.17) is 9.47 Å². The van der Waals surface area contributed by atoms with Crippen molar-refractivity contribution >= 4 is 11.9 Å². The molecule has 4 heteroatoms. The second kappa shape index (κ2) is 8.45. The molecular weight excluding hydrogens is 268 g/mol. The number of carbonyl (C=O) groups is 2. The highest BCUT2D eigenvalue weighted by molar-refractivity contribution is 6.04. The minimum atomic E-state index is -0.490. The van der Waals surface area contributed by atoms with Gasteiger partial charge in [0.2, 0.25) is 0 Å². The number of hydrogen-bond donors (Lipinski definition) is 0. The highest BCUT2D eigenvalue weighted by Gasteiger charge is 2.21. The summed E-state index contributed by atoms with van der Waals surface area (Å²) in [5.74, 6) is -0.368. The smallest absolute Gasteiger partial charge is 0.339 e. The standard InChI is InChI=1S/C17H24O4/c1-5-20-16(18)14-10-6-9-13(4)15(14)17(19)21-11-7-8-12(2)3/h6,9-10,12H,5,7-8,11H2,1-4H3. The fourth-order valence-corrected chi connectivity index (χ4v) is 2.05. The molecule has 0 bridgehead atoms. The maximum atomic E-state index is 12.2. The van der Waals surface area contributed by atoms with Crippen LogP contribution in [0.25, 0.3) is 0 Å². The molecule has 0 saturated carbocycles. The first-order chi connectivity index (χ1) is 9.97. The number of carbonyl (C=O) groups excluding carboxylic acids is 2. The van der Waals surface area contributed by atoms with E-state index >= 15 is 0 Å². The first kappa shape index (κ1) is 17.2. The number of rotatable bonds is 7. The van der Waals surface area contributed by atoms with Crippen LogP contribution in [-0.4, -0.2) is 25.2 Å². The largest absolute Gasteiger partial charge is 0.462 e. The molecule has 0 radical (unpaired) electrons. The van der Waals surface area contributed by atoms with Crippen LogP contribution in [0.3, 0.4) is 0 Å². The van der Waals surface area contributed by atoms with Gasteiger partial charge < -0.3 is 9.47 Å². The van der Waals surface area contributed by atoms with E-state index < -0.39 is 11.9 Å². The Morgan fingerprint density at radius 1 is 1.14 bits per heavy atom. The van der Waals surface area contributed by atoms with E-state index in [-0.39, 0.29) is 12.2 Å². The van der Waals surface area contributed by atoms with Gasteiger partial charge in [-0.2, -0.15) is 0 Å². The Morgan fingerprint density at radius 3 is 2.48 bits per heavy atom. The topological polar surface area (TPSA) is 52.6 Å². The molecule has 4 nitrogen and oxygen atoms in total. The summed E-state index contributed by atoms with van der Waals surface area (Å²) in [4.78, 5) is 24.1. The van der Waals surface area contributed by atoms with Gasteiger partial charge in [0.1, 0.15) is 0 Å². The molecule has 1 aromatic rings. The van der Waals surface area contributed by atoms with Gasteiger partial charge in [-0.3, -0.25) is 0 Å². The summed E-state index contributed by atoms with van der Waals surface area (Å²) in [5.41, 5.74) is 1.29. The Balaban J connectivity index is 2.80. The summed E-state index contributed by atoms with van der Waals surface area (Å²) in [7, 11) is 0. The van der Waals surface area contributed by atoms with Crippen LogP contribution in [0.15, 0.2) is 18.2 Å². The Labute approximate surface area is 126 Å². The molecule has 0 aliphatic carbocycles. The average Bonchev–Trinajstić information content (AvgIpc) is 2.43. The molecule has 0 atom stereocenters. The summed E-state index contributed by atoms with van der Waals surface area (Å²) in [6.07, 6.45) is 1.83. The van der Waals surface area contributed by atoms with E-state index in [2.05, 4.69) is 13.8 Å². The minimum absolute atomic E-state index is 0.269. The quantitative estimate of drug-likeness (QED) is 0.567. The van der Waals surface area contributed by atoms with Crippen molar-refractivity contribution in [2.45, 2.75) is 40.5 Å². The fourth-order valence-electron chi connectivity index (χ4n) is 2.05. The molecule has 0 saturated heterocycles. The normalized spacial score (nSPS) is 10.5. The third kappa shape index (κ3) is 5.21. The highest BCUT2D eigenvalue weighted by atomic mass is 16.5. The summed E-state index contributed by atoms with van der Waals surface area (Å²) in [5, 5.41) is 0. The molecule has 0 unspecified atom stereocenters. The van der Waals surface area contributed by atoms with Crippen LogP contribution >= 0.6 is 0 Å². The number of aryl methyl sites for hydroxylation is 1. The first-order valence-corrected chi connectivity index (χ1v) is 7.41. The molecule has 0 N–H and O–H groups in total. The number of hydrogen-bond acceptors (Lipinski definition) is 4. The van der Waals surface area contributed by atoms with Crippen molar-refractivity contribution in [2.24, 2.45) is 5.92 Å². The van der Waals surface area contributed by atoms with E-state index in [0.29, 0.717) is 18.1 Å². The third-order valence-corrected chi connectivity index (χ3v) is 3.13. The van der Waals surface area contributed by atoms with Crippen molar-refractivity contribution in [3.8, 4) is 0 Å². The predicted octanol–water partition coefficient (Wildman–Crippen LogP) is 3.76. The van der Waals surface area contributed by atoms with Crippen molar-refractivity contribution < 1.29 is 19.1 Å². The second-order valence-electron chi connectivity index (χ2n) is 5.39. The van der Waals surface area contributed by atoms with E-state index in [9.17, 15) is 9.59 Å². The average molecular weight is 292 g/mol.